The summed E-state index contributed by atoms with van der Waals surface area (Å²) >= 11 is 1.59. The van der Waals surface area contributed by atoms with E-state index in [4.69, 9.17) is 5.73 Å². The van der Waals surface area contributed by atoms with E-state index in [1.165, 1.54) is 0 Å². The topological polar surface area (TPSA) is 56.0 Å². The van der Waals surface area contributed by atoms with Gasteiger partial charge in [-0.15, -0.1) is 11.3 Å². The van der Waals surface area contributed by atoms with Gasteiger partial charge in [0.2, 0.25) is 0 Å². The van der Waals surface area contributed by atoms with Crippen LogP contribution in [-0.2, 0) is 16.6 Å². The molecule has 1 unspecified atom stereocenters. The monoisotopic (exact) mass is 238 g/mol. The summed E-state index contributed by atoms with van der Waals surface area (Å²) in [6.07, 6.45) is 1.61. The SMILES string of the molecule is Nc1cccnc1S(=O)Cc1cccs1. The molecule has 0 aromatic carbocycles. The zero-order chi connectivity index (χ0) is 10.7. The summed E-state index contributed by atoms with van der Waals surface area (Å²) in [7, 11) is -1.15. The summed E-state index contributed by atoms with van der Waals surface area (Å²) < 4.78 is 11.9. The fraction of sp³-hybridized carbons (Fsp3) is 0.100. The highest BCUT2D eigenvalue weighted by atomic mass is 32.2. The molecule has 0 aliphatic heterocycles. The molecule has 2 heterocycles. The van der Waals surface area contributed by atoms with E-state index in [-0.39, 0.29) is 0 Å². The van der Waals surface area contributed by atoms with E-state index >= 15 is 0 Å². The lowest BCUT2D eigenvalue weighted by Gasteiger charge is -2.02. The van der Waals surface area contributed by atoms with Crippen LogP contribution in [-0.4, -0.2) is 9.19 Å². The molecule has 0 saturated heterocycles. The van der Waals surface area contributed by atoms with E-state index in [9.17, 15) is 4.21 Å². The summed E-state index contributed by atoms with van der Waals surface area (Å²) in [6, 6.07) is 7.36. The average Bonchev–Trinajstić information content (AvgIpc) is 2.71. The Kier molecular flexibility index (Phi) is 3.13. The minimum absolute atomic E-state index is 0.478. The van der Waals surface area contributed by atoms with Gasteiger partial charge in [-0.05, 0) is 23.6 Å². The van der Waals surface area contributed by atoms with Crippen molar-refractivity contribution in [1.29, 1.82) is 0 Å². The van der Waals surface area contributed by atoms with Gasteiger partial charge in [0.25, 0.3) is 0 Å². The minimum Gasteiger partial charge on any atom is -0.396 e. The van der Waals surface area contributed by atoms with Gasteiger partial charge in [0.1, 0.15) is 5.03 Å². The first kappa shape index (κ1) is 10.3. The lowest BCUT2D eigenvalue weighted by atomic mass is 10.4. The van der Waals surface area contributed by atoms with Crippen molar-refractivity contribution in [3.05, 3.63) is 40.7 Å². The number of hydrogen-bond acceptors (Lipinski definition) is 4. The molecule has 5 heteroatoms. The predicted octanol–water partition coefficient (Wildman–Crippen LogP) is 2.03. The van der Waals surface area contributed by atoms with Crippen LogP contribution in [0.15, 0.2) is 40.9 Å². The van der Waals surface area contributed by atoms with Crippen LogP contribution in [0.25, 0.3) is 0 Å². The molecular weight excluding hydrogens is 228 g/mol. The first-order chi connectivity index (χ1) is 7.27. The molecule has 2 N–H and O–H groups in total. The molecule has 78 valence electrons. The van der Waals surface area contributed by atoms with Gasteiger partial charge in [0.05, 0.1) is 22.2 Å². The predicted molar refractivity (Wildman–Crippen MR) is 63.1 cm³/mol. The van der Waals surface area contributed by atoms with Crippen molar-refractivity contribution in [3.63, 3.8) is 0 Å². The van der Waals surface area contributed by atoms with Crippen LogP contribution in [0.1, 0.15) is 4.88 Å². The molecule has 0 bridgehead atoms. The number of rotatable bonds is 3. The molecule has 0 aliphatic rings. The fourth-order valence-electron chi connectivity index (χ4n) is 1.19. The maximum atomic E-state index is 11.9. The molecule has 3 nitrogen and oxygen atoms in total. The Morgan fingerprint density at radius 3 is 2.93 bits per heavy atom. The van der Waals surface area contributed by atoms with Crippen molar-refractivity contribution in [3.8, 4) is 0 Å². The van der Waals surface area contributed by atoms with Crippen LogP contribution < -0.4 is 5.73 Å². The van der Waals surface area contributed by atoms with Crippen molar-refractivity contribution in [2.75, 3.05) is 5.73 Å². The summed E-state index contributed by atoms with van der Waals surface area (Å²) in [5, 5.41) is 2.44. The zero-order valence-electron chi connectivity index (χ0n) is 7.92. The average molecular weight is 238 g/mol. The summed E-state index contributed by atoms with van der Waals surface area (Å²) in [6.45, 7) is 0. The Balaban J connectivity index is 2.19. The molecule has 2 aromatic heterocycles. The molecule has 0 amide bonds. The van der Waals surface area contributed by atoms with E-state index in [1.54, 1.807) is 29.7 Å². The molecule has 2 aromatic rings. The first-order valence-electron chi connectivity index (χ1n) is 4.38. The first-order valence-corrected chi connectivity index (χ1v) is 6.58. The van der Waals surface area contributed by atoms with Crippen molar-refractivity contribution < 1.29 is 4.21 Å². The number of aromatic nitrogens is 1. The highest BCUT2D eigenvalue weighted by molar-refractivity contribution is 7.84. The highest BCUT2D eigenvalue weighted by Crippen LogP contribution is 2.18. The van der Waals surface area contributed by atoms with Gasteiger partial charge in [-0.25, -0.2) is 4.98 Å². The Morgan fingerprint density at radius 1 is 1.40 bits per heavy atom. The van der Waals surface area contributed by atoms with Crippen LogP contribution in [0.2, 0.25) is 0 Å². The molecule has 0 aliphatic carbocycles. The Hall–Kier alpha value is -1.20. The van der Waals surface area contributed by atoms with Gasteiger partial charge < -0.3 is 5.73 Å². The number of nitrogens with zero attached hydrogens (tertiary/aromatic N) is 1. The third-order valence-corrected chi connectivity index (χ3v) is 4.27. The number of thiophene rings is 1. The number of nitrogen functional groups attached to an aromatic ring is 1. The Labute approximate surface area is 94.4 Å². The van der Waals surface area contributed by atoms with Gasteiger partial charge in [-0.1, -0.05) is 6.07 Å². The summed E-state index contributed by atoms with van der Waals surface area (Å²) in [5.74, 6) is 0.485. The third kappa shape index (κ3) is 2.43. The van der Waals surface area contributed by atoms with Crippen LogP contribution in [0.5, 0.6) is 0 Å². The highest BCUT2D eigenvalue weighted by Gasteiger charge is 2.10. The Bertz CT molecular complexity index is 468. The van der Waals surface area contributed by atoms with E-state index in [0.717, 1.165) is 4.88 Å². The number of anilines is 1. The second-order valence-corrected chi connectivity index (χ2v) is 5.37. The van der Waals surface area contributed by atoms with E-state index in [1.807, 2.05) is 17.5 Å². The molecule has 0 fully saturated rings. The van der Waals surface area contributed by atoms with Crippen molar-refractivity contribution in [2.45, 2.75) is 10.8 Å². The fourth-order valence-corrected chi connectivity index (χ4v) is 3.27. The van der Waals surface area contributed by atoms with Gasteiger partial charge in [-0.3, -0.25) is 4.21 Å². The standard InChI is InChI=1S/C10H10N2OS2/c11-9-4-1-5-12-10(9)15(13)7-8-3-2-6-14-8/h1-6H,7,11H2. The van der Waals surface area contributed by atoms with E-state index in [0.29, 0.717) is 16.5 Å². The minimum atomic E-state index is -1.15. The van der Waals surface area contributed by atoms with Gasteiger partial charge >= 0.3 is 0 Å². The Morgan fingerprint density at radius 2 is 2.27 bits per heavy atom. The second kappa shape index (κ2) is 4.55. The lowest BCUT2D eigenvalue weighted by Crippen LogP contribution is -2.02. The molecule has 1 atom stereocenters. The number of hydrogen-bond donors (Lipinski definition) is 1. The number of nitrogens with two attached hydrogens (primary N) is 1. The molecule has 15 heavy (non-hydrogen) atoms. The lowest BCUT2D eigenvalue weighted by molar-refractivity contribution is 0.680. The molecule has 2 rings (SSSR count). The maximum absolute atomic E-state index is 11.9. The third-order valence-electron chi connectivity index (χ3n) is 1.87. The molecule has 0 saturated carbocycles. The zero-order valence-corrected chi connectivity index (χ0v) is 9.55. The van der Waals surface area contributed by atoms with Crippen molar-refractivity contribution in [2.24, 2.45) is 0 Å². The van der Waals surface area contributed by atoms with Crippen LogP contribution in [0.4, 0.5) is 5.69 Å². The quantitative estimate of drug-likeness (QED) is 0.890. The summed E-state index contributed by atoms with van der Waals surface area (Å²) in [5.41, 5.74) is 6.19. The smallest absolute Gasteiger partial charge is 0.150 e. The van der Waals surface area contributed by atoms with Crippen LogP contribution in [0.3, 0.4) is 0 Å². The summed E-state index contributed by atoms with van der Waals surface area (Å²) in [4.78, 5) is 5.12. The molecular formula is C10H10N2OS2. The van der Waals surface area contributed by atoms with E-state index in [2.05, 4.69) is 4.98 Å². The largest absolute Gasteiger partial charge is 0.396 e. The second-order valence-electron chi connectivity index (χ2n) is 2.97. The van der Waals surface area contributed by atoms with Crippen LogP contribution in [0, 0.1) is 0 Å². The normalized spacial score (nSPS) is 12.5. The van der Waals surface area contributed by atoms with Gasteiger partial charge in [0.15, 0.2) is 0 Å². The maximum Gasteiger partial charge on any atom is 0.150 e. The van der Waals surface area contributed by atoms with Crippen molar-refractivity contribution >= 4 is 27.8 Å². The number of pyridine rings is 1. The van der Waals surface area contributed by atoms with Crippen LogP contribution >= 0.6 is 11.3 Å². The molecule has 0 spiro atoms. The van der Waals surface area contributed by atoms with Crippen molar-refractivity contribution in [1.82, 2.24) is 4.98 Å². The van der Waals surface area contributed by atoms with Gasteiger partial charge in [0, 0.05) is 11.1 Å². The molecule has 0 radical (unpaired) electrons. The van der Waals surface area contributed by atoms with Gasteiger partial charge in [-0.2, -0.15) is 0 Å². The van der Waals surface area contributed by atoms with E-state index < -0.39 is 10.8 Å².